The number of carbonyl (C=O) groups is 5. The van der Waals surface area contributed by atoms with Crippen LogP contribution in [0.4, 0.5) is 10.5 Å². The molecule has 0 aliphatic carbocycles. The van der Waals surface area contributed by atoms with Crippen LogP contribution in [0.1, 0.15) is 66.3 Å². The van der Waals surface area contributed by atoms with E-state index in [0.717, 1.165) is 10.5 Å². The number of hydrogen-bond acceptors (Lipinski definition) is 9. The van der Waals surface area contributed by atoms with Crippen LogP contribution in [0.25, 0.3) is 0 Å². The molecule has 1 saturated heterocycles. The topological polar surface area (TPSA) is 147 Å². The highest BCUT2D eigenvalue weighted by atomic mass is 16.6. The van der Waals surface area contributed by atoms with Crippen molar-refractivity contribution in [2.45, 2.75) is 58.2 Å². The van der Waals surface area contributed by atoms with Crippen LogP contribution in [-0.4, -0.2) is 76.3 Å². The van der Waals surface area contributed by atoms with Crippen molar-refractivity contribution in [3.63, 3.8) is 0 Å². The zero-order valence-electron chi connectivity index (χ0n) is 23.0. The van der Waals surface area contributed by atoms with Gasteiger partial charge in [0.2, 0.25) is 17.7 Å². The summed E-state index contributed by atoms with van der Waals surface area (Å²) >= 11 is 0. The van der Waals surface area contributed by atoms with Crippen molar-refractivity contribution < 1.29 is 33.4 Å². The van der Waals surface area contributed by atoms with Crippen molar-refractivity contribution in [2.24, 2.45) is 0 Å². The first-order valence-corrected chi connectivity index (χ1v) is 13.0. The van der Waals surface area contributed by atoms with Crippen LogP contribution in [0.2, 0.25) is 0 Å². The quantitative estimate of drug-likeness (QED) is 0.355. The van der Waals surface area contributed by atoms with Crippen LogP contribution in [-0.2, 0) is 20.9 Å². The van der Waals surface area contributed by atoms with E-state index in [4.69, 9.17) is 9.47 Å². The van der Waals surface area contributed by atoms with E-state index in [-0.39, 0.29) is 24.0 Å². The van der Waals surface area contributed by atoms with Crippen molar-refractivity contribution in [3.8, 4) is 5.88 Å². The highest BCUT2D eigenvalue weighted by Gasteiger charge is 2.45. The van der Waals surface area contributed by atoms with Gasteiger partial charge in [-0.3, -0.25) is 29.4 Å². The Balaban J connectivity index is 1.26. The number of piperidine rings is 1. The number of pyridine rings is 1. The van der Waals surface area contributed by atoms with E-state index in [0.29, 0.717) is 37.7 Å². The van der Waals surface area contributed by atoms with Crippen LogP contribution < -0.4 is 15.4 Å². The molecule has 2 aromatic rings. The Morgan fingerprint density at radius 2 is 1.93 bits per heavy atom. The third-order valence-electron chi connectivity index (χ3n) is 6.28. The Hall–Kier alpha value is -4.48. The van der Waals surface area contributed by atoms with E-state index in [9.17, 15) is 24.0 Å². The summed E-state index contributed by atoms with van der Waals surface area (Å²) in [4.78, 5) is 68.7. The molecular weight excluding hydrogens is 518 g/mol. The van der Waals surface area contributed by atoms with Gasteiger partial charge in [-0.1, -0.05) is 12.1 Å². The zero-order valence-corrected chi connectivity index (χ0v) is 23.0. The molecule has 5 amide bonds. The Kier molecular flexibility index (Phi) is 8.36. The predicted molar refractivity (Wildman–Crippen MR) is 144 cm³/mol. The molecule has 2 N–H and O–H groups in total. The SMILES string of the molecule is CN(Cc1ccc(OCCCNc2cccc3c2C(=O)N(C2CCC(=O)NC2=O)C3=O)nc1)C(=O)OC(C)(C)C. The second-order valence-electron chi connectivity index (χ2n) is 10.6. The zero-order chi connectivity index (χ0) is 29.0. The monoisotopic (exact) mass is 551 g/mol. The molecule has 1 fully saturated rings. The molecule has 212 valence electrons. The van der Waals surface area contributed by atoms with Crippen LogP contribution in [0, 0.1) is 0 Å². The number of amides is 5. The van der Waals surface area contributed by atoms with E-state index in [1.165, 1.54) is 4.90 Å². The molecule has 0 radical (unpaired) electrons. The minimum atomic E-state index is -1.01. The summed E-state index contributed by atoms with van der Waals surface area (Å²) in [5.41, 5.74) is 1.18. The summed E-state index contributed by atoms with van der Waals surface area (Å²) in [5.74, 6) is -1.73. The van der Waals surface area contributed by atoms with E-state index in [2.05, 4.69) is 15.6 Å². The van der Waals surface area contributed by atoms with E-state index in [1.54, 1.807) is 37.5 Å². The molecule has 12 nitrogen and oxygen atoms in total. The first-order valence-electron chi connectivity index (χ1n) is 13.0. The van der Waals surface area contributed by atoms with E-state index in [1.807, 2.05) is 26.8 Å². The molecular formula is C28H33N5O7. The fraction of sp³-hybridized carbons (Fsp3) is 0.429. The number of nitrogens with zero attached hydrogens (tertiary/aromatic N) is 3. The van der Waals surface area contributed by atoms with Gasteiger partial charge in [-0.15, -0.1) is 0 Å². The molecule has 0 saturated carbocycles. The minimum Gasteiger partial charge on any atom is -0.478 e. The van der Waals surface area contributed by atoms with Gasteiger partial charge in [0, 0.05) is 38.0 Å². The summed E-state index contributed by atoms with van der Waals surface area (Å²) < 4.78 is 11.1. The summed E-state index contributed by atoms with van der Waals surface area (Å²) in [7, 11) is 1.66. The lowest BCUT2D eigenvalue weighted by Crippen LogP contribution is -2.54. The number of benzene rings is 1. The maximum absolute atomic E-state index is 13.2. The number of imide groups is 2. The number of anilines is 1. The molecule has 1 unspecified atom stereocenters. The summed E-state index contributed by atoms with van der Waals surface area (Å²) in [6.45, 7) is 6.58. The average molecular weight is 552 g/mol. The van der Waals surface area contributed by atoms with E-state index >= 15 is 0 Å². The van der Waals surface area contributed by atoms with Gasteiger partial charge >= 0.3 is 6.09 Å². The van der Waals surface area contributed by atoms with Gasteiger partial charge in [-0.05, 0) is 51.3 Å². The number of ether oxygens (including phenoxy) is 2. The fourth-order valence-electron chi connectivity index (χ4n) is 4.40. The smallest absolute Gasteiger partial charge is 0.410 e. The third-order valence-corrected chi connectivity index (χ3v) is 6.28. The lowest BCUT2D eigenvalue weighted by Gasteiger charge is -2.27. The Labute approximate surface area is 232 Å². The number of aromatic nitrogens is 1. The van der Waals surface area contributed by atoms with Gasteiger partial charge < -0.3 is 19.7 Å². The summed E-state index contributed by atoms with van der Waals surface area (Å²) in [5, 5.41) is 5.37. The van der Waals surface area contributed by atoms with Crippen molar-refractivity contribution in [1.82, 2.24) is 20.1 Å². The normalized spacial score (nSPS) is 16.9. The van der Waals surface area contributed by atoms with E-state index < -0.39 is 41.4 Å². The fourth-order valence-corrected chi connectivity index (χ4v) is 4.40. The molecule has 1 atom stereocenters. The number of nitrogens with one attached hydrogen (secondary N) is 2. The van der Waals surface area contributed by atoms with Crippen LogP contribution >= 0.6 is 0 Å². The highest BCUT2D eigenvalue weighted by Crippen LogP contribution is 2.32. The second kappa shape index (κ2) is 11.7. The second-order valence-corrected chi connectivity index (χ2v) is 10.6. The molecule has 12 heteroatoms. The maximum Gasteiger partial charge on any atom is 0.410 e. The Bertz CT molecular complexity index is 1320. The minimum absolute atomic E-state index is 0.0651. The first kappa shape index (κ1) is 28.5. The predicted octanol–water partition coefficient (Wildman–Crippen LogP) is 2.73. The Morgan fingerprint density at radius 3 is 2.60 bits per heavy atom. The van der Waals surface area contributed by atoms with Gasteiger partial charge in [-0.25, -0.2) is 9.78 Å². The lowest BCUT2D eigenvalue weighted by atomic mass is 10.0. The maximum atomic E-state index is 13.2. The van der Waals surface area contributed by atoms with Crippen molar-refractivity contribution in [2.75, 3.05) is 25.5 Å². The van der Waals surface area contributed by atoms with Crippen LogP contribution in [0.5, 0.6) is 5.88 Å². The Morgan fingerprint density at radius 1 is 1.15 bits per heavy atom. The molecule has 0 bridgehead atoms. The van der Waals surface area contributed by atoms with Crippen molar-refractivity contribution in [1.29, 1.82) is 0 Å². The molecule has 1 aromatic carbocycles. The molecule has 2 aliphatic rings. The number of fused-ring (bicyclic) bond motifs is 1. The third kappa shape index (κ3) is 6.56. The van der Waals surface area contributed by atoms with Gasteiger partial charge in [0.05, 0.1) is 24.3 Å². The highest BCUT2D eigenvalue weighted by molar-refractivity contribution is 6.25. The van der Waals surface area contributed by atoms with Crippen molar-refractivity contribution in [3.05, 3.63) is 53.2 Å². The molecule has 4 rings (SSSR count). The van der Waals surface area contributed by atoms with Crippen LogP contribution in [0.15, 0.2) is 36.5 Å². The largest absolute Gasteiger partial charge is 0.478 e. The lowest BCUT2D eigenvalue weighted by molar-refractivity contribution is -0.136. The molecule has 1 aromatic heterocycles. The number of hydrogen-bond donors (Lipinski definition) is 2. The number of carbonyl (C=O) groups excluding carboxylic acids is 5. The molecule has 40 heavy (non-hydrogen) atoms. The van der Waals surface area contributed by atoms with Crippen LogP contribution in [0.3, 0.4) is 0 Å². The van der Waals surface area contributed by atoms with Gasteiger partial charge in [0.15, 0.2) is 0 Å². The average Bonchev–Trinajstić information content (AvgIpc) is 3.14. The van der Waals surface area contributed by atoms with Gasteiger partial charge in [0.1, 0.15) is 11.6 Å². The molecule has 3 heterocycles. The molecule has 0 spiro atoms. The number of rotatable bonds is 9. The van der Waals surface area contributed by atoms with Gasteiger partial charge in [0.25, 0.3) is 11.8 Å². The summed E-state index contributed by atoms with van der Waals surface area (Å²) in [6.07, 6.45) is 1.96. The van der Waals surface area contributed by atoms with Crippen molar-refractivity contribution >= 4 is 35.4 Å². The summed E-state index contributed by atoms with van der Waals surface area (Å²) in [6, 6.07) is 7.46. The molecule has 2 aliphatic heterocycles. The van der Waals surface area contributed by atoms with Gasteiger partial charge in [-0.2, -0.15) is 0 Å². The first-order chi connectivity index (χ1) is 18.9. The standard InChI is InChI=1S/C28H33N5O7/c1-28(2,3)40-27(38)32(4)16-17-9-12-22(30-15-17)39-14-6-13-29-19-8-5-7-18-23(19)26(37)33(25(18)36)20-10-11-21(34)31-24(20)35/h5,7-9,12,15,20,29H,6,10-11,13-14,16H2,1-4H3,(H,31,34,35).